The monoisotopic (exact) mass is 295 g/mol. The topological polar surface area (TPSA) is 49.2 Å². The molecule has 3 unspecified atom stereocenters. The van der Waals surface area contributed by atoms with Gasteiger partial charge in [-0.05, 0) is 41.8 Å². The molecule has 0 aromatic carbocycles. The van der Waals surface area contributed by atoms with Crippen LogP contribution in [0.5, 0.6) is 0 Å². The standard InChI is InChI=1S/C13H14ClN3OS/c14-13-15-11(8-3-4-19-12(8)16-13)17-5-7-1-2-10(18)9(7)6-17/h3-4,7,9-10,18H,1-2,5-6H2. The molecule has 1 aliphatic carbocycles. The second-order valence-electron chi connectivity index (χ2n) is 5.43. The van der Waals surface area contributed by atoms with Crippen molar-refractivity contribution in [2.24, 2.45) is 11.8 Å². The van der Waals surface area contributed by atoms with E-state index in [0.29, 0.717) is 17.1 Å². The largest absolute Gasteiger partial charge is 0.393 e. The number of anilines is 1. The molecule has 4 rings (SSSR count). The number of rotatable bonds is 1. The van der Waals surface area contributed by atoms with Crippen LogP contribution >= 0.6 is 22.9 Å². The average molecular weight is 296 g/mol. The van der Waals surface area contributed by atoms with Crippen LogP contribution in [-0.4, -0.2) is 34.3 Å². The minimum atomic E-state index is -0.148. The molecule has 2 fully saturated rings. The van der Waals surface area contributed by atoms with Gasteiger partial charge in [-0.3, -0.25) is 0 Å². The van der Waals surface area contributed by atoms with Crippen LogP contribution in [0.4, 0.5) is 5.82 Å². The van der Waals surface area contributed by atoms with Gasteiger partial charge in [0.15, 0.2) is 0 Å². The maximum Gasteiger partial charge on any atom is 0.225 e. The molecule has 2 aliphatic rings. The Morgan fingerprint density at radius 1 is 1.32 bits per heavy atom. The molecule has 2 aromatic heterocycles. The average Bonchev–Trinajstić information content (AvgIpc) is 3.05. The minimum absolute atomic E-state index is 0.148. The number of aromatic nitrogens is 2. The molecule has 0 radical (unpaired) electrons. The van der Waals surface area contributed by atoms with Gasteiger partial charge in [-0.2, -0.15) is 4.98 Å². The lowest BCUT2D eigenvalue weighted by molar-refractivity contribution is 0.133. The highest BCUT2D eigenvalue weighted by molar-refractivity contribution is 7.16. The third kappa shape index (κ3) is 1.83. The molecule has 1 saturated heterocycles. The first kappa shape index (κ1) is 11.9. The maximum absolute atomic E-state index is 10.0. The number of nitrogens with zero attached hydrogens (tertiary/aromatic N) is 3. The van der Waals surface area contributed by atoms with E-state index in [0.717, 1.165) is 42.0 Å². The van der Waals surface area contributed by atoms with Crippen molar-refractivity contribution < 1.29 is 5.11 Å². The minimum Gasteiger partial charge on any atom is -0.393 e. The van der Waals surface area contributed by atoms with Crippen molar-refractivity contribution >= 4 is 39.0 Å². The zero-order valence-corrected chi connectivity index (χ0v) is 11.9. The quantitative estimate of drug-likeness (QED) is 0.822. The van der Waals surface area contributed by atoms with Gasteiger partial charge in [0.2, 0.25) is 5.28 Å². The van der Waals surface area contributed by atoms with Gasteiger partial charge in [0.05, 0.1) is 11.5 Å². The van der Waals surface area contributed by atoms with E-state index in [9.17, 15) is 5.11 Å². The van der Waals surface area contributed by atoms with E-state index < -0.39 is 0 Å². The summed E-state index contributed by atoms with van der Waals surface area (Å²) in [6.07, 6.45) is 1.92. The van der Waals surface area contributed by atoms with Crippen LogP contribution in [0.2, 0.25) is 5.28 Å². The lowest BCUT2D eigenvalue weighted by Gasteiger charge is -2.20. The Labute approximate surface area is 120 Å². The van der Waals surface area contributed by atoms with E-state index in [1.54, 1.807) is 11.3 Å². The van der Waals surface area contributed by atoms with Gasteiger partial charge in [0, 0.05) is 19.0 Å². The molecule has 0 bridgehead atoms. The zero-order chi connectivity index (χ0) is 13.0. The van der Waals surface area contributed by atoms with E-state index in [1.807, 2.05) is 5.38 Å². The molecule has 0 spiro atoms. The molecule has 6 heteroatoms. The van der Waals surface area contributed by atoms with E-state index in [1.165, 1.54) is 0 Å². The molecule has 1 saturated carbocycles. The SMILES string of the molecule is OC1CCC2CN(c3nc(Cl)nc4sccc34)CC12. The Kier molecular flexibility index (Phi) is 2.69. The second kappa shape index (κ2) is 4.30. The van der Waals surface area contributed by atoms with Crippen molar-refractivity contribution in [1.82, 2.24) is 9.97 Å². The molecular formula is C13H14ClN3OS. The fourth-order valence-corrected chi connectivity index (χ4v) is 4.44. The van der Waals surface area contributed by atoms with Crippen LogP contribution in [-0.2, 0) is 0 Å². The molecular weight excluding hydrogens is 282 g/mol. The lowest BCUT2D eigenvalue weighted by atomic mass is 10.00. The molecule has 3 atom stereocenters. The Balaban J connectivity index is 1.74. The van der Waals surface area contributed by atoms with E-state index in [4.69, 9.17) is 11.6 Å². The van der Waals surface area contributed by atoms with Gasteiger partial charge in [0.1, 0.15) is 10.6 Å². The van der Waals surface area contributed by atoms with Gasteiger partial charge >= 0.3 is 0 Å². The number of thiophene rings is 1. The smallest absolute Gasteiger partial charge is 0.225 e. The predicted octanol–water partition coefficient (Wildman–Crippen LogP) is 2.55. The summed E-state index contributed by atoms with van der Waals surface area (Å²) >= 11 is 7.60. The first-order valence-electron chi connectivity index (χ1n) is 6.56. The number of hydrogen-bond acceptors (Lipinski definition) is 5. The fraction of sp³-hybridized carbons (Fsp3) is 0.538. The Hall–Kier alpha value is -0.910. The van der Waals surface area contributed by atoms with Crippen molar-refractivity contribution in [3.63, 3.8) is 0 Å². The van der Waals surface area contributed by atoms with E-state index in [2.05, 4.69) is 20.9 Å². The molecule has 1 N–H and O–H groups in total. The number of hydrogen-bond donors (Lipinski definition) is 1. The first-order chi connectivity index (χ1) is 9.22. The summed E-state index contributed by atoms with van der Waals surface area (Å²) in [5.74, 6) is 1.91. The Morgan fingerprint density at radius 3 is 3.05 bits per heavy atom. The van der Waals surface area contributed by atoms with Crippen LogP contribution < -0.4 is 4.90 Å². The Bertz CT molecular complexity index is 631. The van der Waals surface area contributed by atoms with Gasteiger partial charge < -0.3 is 10.0 Å². The fourth-order valence-electron chi connectivity index (χ4n) is 3.47. The summed E-state index contributed by atoms with van der Waals surface area (Å²) in [7, 11) is 0. The van der Waals surface area contributed by atoms with Gasteiger partial charge in [0.25, 0.3) is 0 Å². The van der Waals surface area contributed by atoms with Crippen molar-refractivity contribution in [2.75, 3.05) is 18.0 Å². The van der Waals surface area contributed by atoms with Gasteiger partial charge in [-0.15, -0.1) is 11.3 Å². The zero-order valence-electron chi connectivity index (χ0n) is 10.3. The molecule has 19 heavy (non-hydrogen) atoms. The lowest BCUT2D eigenvalue weighted by Crippen LogP contribution is -2.25. The third-order valence-electron chi connectivity index (χ3n) is 4.40. The van der Waals surface area contributed by atoms with Gasteiger partial charge in [-0.25, -0.2) is 4.98 Å². The number of aliphatic hydroxyl groups excluding tert-OH is 1. The third-order valence-corrected chi connectivity index (χ3v) is 5.37. The second-order valence-corrected chi connectivity index (χ2v) is 6.66. The predicted molar refractivity (Wildman–Crippen MR) is 76.9 cm³/mol. The number of aliphatic hydroxyl groups is 1. The summed E-state index contributed by atoms with van der Waals surface area (Å²) in [5, 5.41) is 13.4. The van der Waals surface area contributed by atoms with Crippen LogP contribution in [0.25, 0.3) is 10.2 Å². The van der Waals surface area contributed by atoms with Crippen LogP contribution in [0.15, 0.2) is 11.4 Å². The summed E-state index contributed by atoms with van der Waals surface area (Å²) in [6.45, 7) is 1.85. The Morgan fingerprint density at radius 2 is 2.21 bits per heavy atom. The van der Waals surface area contributed by atoms with Crippen molar-refractivity contribution in [3.05, 3.63) is 16.7 Å². The summed E-state index contributed by atoms with van der Waals surface area (Å²) in [5.41, 5.74) is 0. The molecule has 4 nitrogen and oxygen atoms in total. The van der Waals surface area contributed by atoms with Crippen molar-refractivity contribution in [3.8, 4) is 0 Å². The van der Waals surface area contributed by atoms with Gasteiger partial charge in [-0.1, -0.05) is 0 Å². The number of halogens is 1. The van der Waals surface area contributed by atoms with E-state index in [-0.39, 0.29) is 6.10 Å². The maximum atomic E-state index is 10.0. The van der Waals surface area contributed by atoms with Crippen LogP contribution in [0.1, 0.15) is 12.8 Å². The molecule has 2 aromatic rings. The van der Waals surface area contributed by atoms with Crippen molar-refractivity contribution in [2.45, 2.75) is 18.9 Å². The highest BCUT2D eigenvalue weighted by Crippen LogP contribution is 2.41. The molecule has 0 amide bonds. The van der Waals surface area contributed by atoms with Crippen LogP contribution in [0, 0.1) is 11.8 Å². The molecule has 1 aliphatic heterocycles. The van der Waals surface area contributed by atoms with Crippen molar-refractivity contribution in [1.29, 1.82) is 0 Å². The summed E-state index contributed by atoms with van der Waals surface area (Å²) in [6, 6.07) is 2.05. The molecule has 3 heterocycles. The first-order valence-corrected chi connectivity index (χ1v) is 7.82. The summed E-state index contributed by atoms with van der Waals surface area (Å²) in [4.78, 5) is 11.9. The number of fused-ring (bicyclic) bond motifs is 2. The molecule has 100 valence electrons. The highest BCUT2D eigenvalue weighted by Gasteiger charge is 2.42. The van der Waals surface area contributed by atoms with E-state index >= 15 is 0 Å². The normalized spacial score (nSPS) is 30.2. The summed E-state index contributed by atoms with van der Waals surface area (Å²) < 4.78 is 0. The highest BCUT2D eigenvalue weighted by atomic mass is 35.5. The van der Waals surface area contributed by atoms with Crippen LogP contribution in [0.3, 0.4) is 0 Å².